The van der Waals surface area contributed by atoms with E-state index in [9.17, 15) is 4.79 Å². The molecule has 0 bridgehead atoms. The minimum absolute atomic E-state index is 0.0593. The lowest BCUT2D eigenvalue weighted by molar-refractivity contribution is 0.0711. The summed E-state index contributed by atoms with van der Waals surface area (Å²) in [5, 5.41) is 6.15. The van der Waals surface area contributed by atoms with E-state index < -0.39 is 0 Å². The average Bonchev–Trinajstić information content (AvgIpc) is 3.13. The number of thiazole rings is 1. The summed E-state index contributed by atoms with van der Waals surface area (Å²) in [5.74, 6) is 1.24. The lowest BCUT2D eigenvalue weighted by Gasteiger charge is -2.31. The molecule has 1 saturated heterocycles. The molecule has 3 aromatic rings. The highest BCUT2D eigenvalue weighted by Gasteiger charge is 2.25. The Morgan fingerprint density at radius 1 is 1.19 bits per heavy atom. The fourth-order valence-electron chi connectivity index (χ4n) is 3.32. The highest BCUT2D eigenvalue weighted by molar-refractivity contribution is 7.13. The minimum Gasteiger partial charge on any atom is -0.339 e. The van der Waals surface area contributed by atoms with Crippen LogP contribution in [0, 0.1) is 6.92 Å². The molecule has 0 atom stereocenters. The Hall–Kier alpha value is -2.80. The number of pyridine rings is 2. The van der Waals surface area contributed by atoms with E-state index in [1.807, 2.05) is 35.4 Å². The average molecular weight is 379 g/mol. The van der Waals surface area contributed by atoms with E-state index in [1.54, 1.807) is 29.8 Å². The summed E-state index contributed by atoms with van der Waals surface area (Å²) in [6.45, 7) is 3.46. The fourth-order valence-corrected chi connectivity index (χ4v) is 4.01. The molecule has 1 fully saturated rings. The van der Waals surface area contributed by atoms with Gasteiger partial charge in [-0.25, -0.2) is 9.97 Å². The van der Waals surface area contributed by atoms with E-state index in [-0.39, 0.29) is 5.91 Å². The van der Waals surface area contributed by atoms with Gasteiger partial charge in [0.1, 0.15) is 5.82 Å². The molecular formula is C20H21N5OS. The molecule has 6 nitrogen and oxygen atoms in total. The Bertz CT molecular complexity index is 919. The maximum Gasteiger partial charge on any atom is 0.255 e. The Labute approximate surface area is 162 Å². The lowest BCUT2D eigenvalue weighted by atomic mass is 9.92. The Balaban J connectivity index is 1.39. The van der Waals surface area contributed by atoms with E-state index in [4.69, 9.17) is 4.98 Å². The number of hydrogen-bond acceptors (Lipinski definition) is 6. The predicted molar refractivity (Wildman–Crippen MR) is 106 cm³/mol. The maximum absolute atomic E-state index is 12.6. The van der Waals surface area contributed by atoms with Gasteiger partial charge in [0.15, 0.2) is 5.13 Å². The van der Waals surface area contributed by atoms with Crippen LogP contribution in [0.5, 0.6) is 0 Å². The van der Waals surface area contributed by atoms with Crippen molar-refractivity contribution in [3.05, 3.63) is 65.1 Å². The second-order valence-electron chi connectivity index (χ2n) is 6.67. The molecule has 27 heavy (non-hydrogen) atoms. The first kappa shape index (κ1) is 17.6. The van der Waals surface area contributed by atoms with Crippen LogP contribution >= 0.6 is 11.3 Å². The number of anilines is 2. The highest BCUT2D eigenvalue weighted by atomic mass is 32.1. The highest BCUT2D eigenvalue weighted by Crippen LogP contribution is 2.29. The van der Waals surface area contributed by atoms with Gasteiger partial charge in [0, 0.05) is 42.5 Å². The number of amides is 1. The molecule has 4 rings (SSSR count). The number of aromatic nitrogens is 3. The van der Waals surface area contributed by atoms with Gasteiger partial charge in [0.2, 0.25) is 0 Å². The van der Waals surface area contributed by atoms with Crippen LogP contribution in [0.1, 0.15) is 40.5 Å². The Morgan fingerprint density at radius 3 is 2.74 bits per heavy atom. The zero-order valence-corrected chi connectivity index (χ0v) is 15.9. The van der Waals surface area contributed by atoms with Crippen LogP contribution in [0.4, 0.5) is 10.9 Å². The number of piperidine rings is 1. The van der Waals surface area contributed by atoms with Crippen molar-refractivity contribution in [3.63, 3.8) is 0 Å². The minimum atomic E-state index is 0.0593. The second-order valence-corrected chi connectivity index (χ2v) is 7.53. The van der Waals surface area contributed by atoms with Gasteiger partial charge in [-0.2, -0.15) is 0 Å². The molecule has 0 unspecified atom stereocenters. The van der Waals surface area contributed by atoms with Crippen LogP contribution in [-0.2, 0) is 0 Å². The Kier molecular flexibility index (Phi) is 5.11. The van der Waals surface area contributed by atoms with Gasteiger partial charge in [0.05, 0.1) is 11.3 Å². The molecule has 0 spiro atoms. The predicted octanol–water partition coefficient (Wildman–Crippen LogP) is 4.00. The monoisotopic (exact) mass is 379 g/mol. The molecule has 3 aromatic heterocycles. The molecule has 0 aromatic carbocycles. The first-order valence-corrected chi connectivity index (χ1v) is 9.92. The topological polar surface area (TPSA) is 71.0 Å². The van der Waals surface area contributed by atoms with Gasteiger partial charge in [-0.15, -0.1) is 11.3 Å². The third-order valence-corrected chi connectivity index (χ3v) is 5.61. The van der Waals surface area contributed by atoms with Gasteiger partial charge < -0.3 is 10.2 Å². The van der Waals surface area contributed by atoms with Gasteiger partial charge in [-0.1, -0.05) is 6.07 Å². The van der Waals surface area contributed by atoms with E-state index in [0.717, 1.165) is 48.3 Å². The largest absolute Gasteiger partial charge is 0.339 e. The summed E-state index contributed by atoms with van der Waals surface area (Å²) < 4.78 is 0. The number of rotatable bonds is 4. The van der Waals surface area contributed by atoms with Crippen molar-refractivity contribution in [2.45, 2.75) is 25.7 Å². The van der Waals surface area contributed by atoms with Gasteiger partial charge in [-0.05, 0) is 44.0 Å². The SMILES string of the molecule is Cc1csc(Nc2cccc(C3CCN(C(=O)c4cccnc4)CC3)n2)n1. The second kappa shape index (κ2) is 7.84. The van der Waals surface area contributed by atoms with Crippen LogP contribution in [0.15, 0.2) is 48.1 Å². The van der Waals surface area contributed by atoms with E-state index >= 15 is 0 Å². The summed E-state index contributed by atoms with van der Waals surface area (Å²) in [4.78, 5) is 27.7. The van der Waals surface area contributed by atoms with Gasteiger partial charge in [0.25, 0.3) is 5.91 Å². The fraction of sp³-hybridized carbons (Fsp3) is 0.300. The molecule has 0 saturated carbocycles. The number of nitrogens with one attached hydrogen (secondary N) is 1. The molecule has 7 heteroatoms. The van der Waals surface area contributed by atoms with Gasteiger partial charge >= 0.3 is 0 Å². The number of carbonyl (C=O) groups excluding carboxylic acids is 1. The molecule has 4 heterocycles. The van der Waals surface area contributed by atoms with Crippen LogP contribution in [0.3, 0.4) is 0 Å². The van der Waals surface area contributed by atoms with Crippen molar-refractivity contribution in [1.82, 2.24) is 19.9 Å². The van der Waals surface area contributed by atoms with Crippen LogP contribution in [-0.4, -0.2) is 38.8 Å². The number of aryl methyl sites for hydroxylation is 1. The normalized spacial score (nSPS) is 14.9. The number of hydrogen-bond donors (Lipinski definition) is 1. The van der Waals surface area contributed by atoms with E-state index in [2.05, 4.69) is 21.4 Å². The van der Waals surface area contributed by atoms with Crippen molar-refractivity contribution >= 4 is 28.2 Å². The molecule has 0 radical (unpaired) electrons. The molecule has 0 aliphatic carbocycles. The molecule has 1 aliphatic heterocycles. The lowest BCUT2D eigenvalue weighted by Crippen LogP contribution is -2.38. The first-order valence-electron chi connectivity index (χ1n) is 9.04. The molecule has 138 valence electrons. The third kappa shape index (κ3) is 4.14. The van der Waals surface area contributed by atoms with Crippen molar-refractivity contribution in [2.75, 3.05) is 18.4 Å². The zero-order chi connectivity index (χ0) is 18.6. The number of nitrogens with zero attached hydrogens (tertiary/aromatic N) is 4. The number of likely N-dealkylation sites (tertiary alicyclic amines) is 1. The molecule has 1 amide bonds. The molecule has 1 N–H and O–H groups in total. The van der Waals surface area contributed by atoms with Crippen LogP contribution in [0.2, 0.25) is 0 Å². The quantitative estimate of drug-likeness (QED) is 0.742. The van der Waals surface area contributed by atoms with Crippen LogP contribution < -0.4 is 5.32 Å². The summed E-state index contributed by atoms with van der Waals surface area (Å²) >= 11 is 1.58. The van der Waals surface area contributed by atoms with Crippen molar-refractivity contribution in [2.24, 2.45) is 0 Å². The summed E-state index contributed by atoms with van der Waals surface area (Å²) in [6.07, 6.45) is 5.14. The van der Waals surface area contributed by atoms with Crippen molar-refractivity contribution in [1.29, 1.82) is 0 Å². The maximum atomic E-state index is 12.6. The Morgan fingerprint density at radius 2 is 2.04 bits per heavy atom. The smallest absolute Gasteiger partial charge is 0.255 e. The van der Waals surface area contributed by atoms with E-state index in [0.29, 0.717) is 11.5 Å². The van der Waals surface area contributed by atoms with Crippen LogP contribution in [0.25, 0.3) is 0 Å². The van der Waals surface area contributed by atoms with Crippen molar-refractivity contribution < 1.29 is 4.79 Å². The summed E-state index contributed by atoms with van der Waals surface area (Å²) in [6, 6.07) is 9.67. The van der Waals surface area contributed by atoms with E-state index in [1.165, 1.54) is 0 Å². The molecular weight excluding hydrogens is 358 g/mol. The summed E-state index contributed by atoms with van der Waals surface area (Å²) in [7, 11) is 0. The van der Waals surface area contributed by atoms with Crippen molar-refractivity contribution in [3.8, 4) is 0 Å². The first-order chi connectivity index (χ1) is 13.2. The number of carbonyl (C=O) groups is 1. The molecule has 1 aliphatic rings. The van der Waals surface area contributed by atoms with Gasteiger partial charge in [-0.3, -0.25) is 9.78 Å². The third-order valence-electron chi connectivity index (χ3n) is 4.73. The summed E-state index contributed by atoms with van der Waals surface area (Å²) in [5.41, 5.74) is 2.73. The zero-order valence-electron chi connectivity index (χ0n) is 15.1. The standard InChI is InChI=1S/C20H21N5OS/c1-14-13-27-20(22-14)24-18-6-2-5-17(23-18)15-7-10-25(11-8-15)19(26)16-4-3-9-21-12-16/h2-6,9,12-13,15H,7-8,10-11H2,1H3,(H,22,23,24).